The lowest BCUT2D eigenvalue weighted by molar-refractivity contribution is 0.0698. The van der Waals surface area contributed by atoms with Gasteiger partial charge in [-0.25, -0.2) is 0 Å². The van der Waals surface area contributed by atoms with E-state index in [1.54, 1.807) is 7.11 Å². The zero-order chi connectivity index (χ0) is 19.3. The molecule has 0 saturated carbocycles. The van der Waals surface area contributed by atoms with Crippen LogP contribution in [0.25, 0.3) is 0 Å². The number of likely N-dealkylation sites (tertiary alicyclic amines) is 1. The molecule has 1 unspecified atom stereocenters. The molecule has 7 heteroatoms. The number of guanidine groups is 1. The Morgan fingerprint density at radius 1 is 1.11 bits per heavy atom. The van der Waals surface area contributed by atoms with Gasteiger partial charge in [-0.3, -0.25) is 9.89 Å². The topological polar surface area (TPSA) is 58.1 Å². The summed E-state index contributed by atoms with van der Waals surface area (Å²) in [6.45, 7) is 8.20. The number of nitrogens with one attached hydrogen (secondary N) is 2. The molecule has 0 radical (unpaired) electrons. The molecule has 1 aromatic rings. The summed E-state index contributed by atoms with van der Waals surface area (Å²) in [6, 6.07) is 9.30. The highest BCUT2D eigenvalue weighted by Gasteiger charge is 2.23. The first-order chi connectivity index (χ1) is 13.2. The lowest BCUT2D eigenvalue weighted by Gasteiger charge is -2.29. The Kier molecular flexibility index (Phi) is 13.5. The lowest BCUT2D eigenvalue weighted by Crippen LogP contribution is -2.43. The predicted molar refractivity (Wildman–Crippen MR) is 127 cm³/mol. The van der Waals surface area contributed by atoms with E-state index in [4.69, 9.17) is 9.47 Å². The molecule has 2 rings (SSSR count). The Hall–Kier alpha value is -0.900. The number of nitrogens with zero attached hydrogens (tertiary/aromatic N) is 2. The second-order valence-electron chi connectivity index (χ2n) is 7.01. The molecule has 1 aromatic carbocycles. The molecule has 0 amide bonds. The van der Waals surface area contributed by atoms with Crippen LogP contribution >= 0.6 is 24.0 Å². The van der Waals surface area contributed by atoms with Gasteiger partial charge in [0.1, 0.15) is 0 Å². The molecule has 6 nitrogen and oxygen atoms in total. The van der Waals surface area contributed by atoms with Crippen LogP contribution in [0.1, 0.15) is 36.4 Å². The molecule has 28 heavy (non-hydrogen) atoms. The number of benzene rings is 1. The first-order valence-electron chi connectivity index (χ1n) is 10.1. The van der Waals surface area contributed by atoms with Crippen molar-refractivity contribution in [3.05, 3.63) is 35.4 Å². The number of ether oxygens (including phenoxy) is 2. The first kappa shape index (κ1) is 25.1. The molecule has 1 aliphatic heterocycles. The van der Waals surface area contributed by atoms with Gasteiger partial charge in [0.05, 0.1) is 19.3 Å². The van der Waals surface area contributed by atoms with Gasteiger partial charge in [-0.1, -0.05) is 29.8 Å². The van der Waals surface area contributed by atoms with Crippen molar-refractivity contribution in [3.63, 3.8) is 0 Å². The summed E-state index contributed by atoms with van der Waals surface area (Å²) in [7, 11) is 3.51. The fourth-order valence-corrected chi connectivity index (χ4v) is 3.34. The van der Waals surface area contributed by atoms with Crippen molar-refractivity contribution >= 4 is 29.9 Å². The minimum Gasteiger partial charge on any atom is -0.382 e. The minimum atomic E-state index is 0. The minimum absolute atomic E-state index is 0. The van der Waals surface area contributed by atoms with Crippen molar-refractivity contribution in [1.29, 1.82) is 0 Å². The second-order valence-corrected chi connectivity index (χ2v) is 7.01. The van der Waals surface area contributed by atoms with Crippen LogP contribution in [0.4, 0.5) is 0 Å². The van der Waals surface area contributed by atoms with Crippen LogP contribution in [-0.4, -0.2) is 71.0 Å². The maximum Gasteiger partial charge on any atom is 0.191 e. The van der Waals surface area contributed by atoms with E-state index < -0.39 is 0 Å². The van der Waals surface area contributed by atoms with Gasteiger partial charge < -0.3 is 20.1 Å². The van der Waals surface area contributed by atoms with Crippen LogP contribution in [0.2, 0.25) is 0 Å². The molecule has 1 fully saturated rings. The van der Waals surface area contributed by atoms with Crippen molar-refractivity contribution in [1.82, 2.24) is 15.5 Å². The van der Waals surface area contributed by atoms with Crippen LogP contribution in [0.5, 0.6) is 0 Å². The number of aliphatic imine (C=N–C) groups is 1. The van der Waals surface area contributed by atoms with E-state index in [2.05, 4.69) is 51.7 Å². The third-order valence-electron chi connectivity index (χ3n) is 4.92. The Bertz CT molecular complexity index is 548. The summed E-state index contributed by atoms with van der Waals surface area (Å²) in [5, 5.41) is 6.88. The van der Waals surface area contributed by atoms with E-state index >= 15 is 0 Å². The summed E-state index contributed by atoms with van der Waals surface area (Å²) in [5.41, 5.74) is 2.68. The van der Waals surface area contributed by atoms with E-state index in [1.807, 2.05) is 7.05 Å². The second kappa shape index (κ2) is 15.0. The van der Waals surface area contributed by atoms with Crippen molar-refractivity contribution in [2.75, 3.05) is 60.2 Å². The van der Waals surface area contributed by atoms with Crippen molar-refractivity contribution in [2.24, 2.45) is 4.99 Å². The van der Waals surface area contributed by atoms with Gasteiger partial charge in [-0.2, -0.15) is 0 Å². The molecule has 160 valence electrons. The standard InChI is InChI=1S/C21H36N4O2.HI/c1-18-7-9-19(10-8-18)20(25-12-4-5-13-25)17-24-21(22-2)23-11-6-14-27-16-15-26-3;/h7-10,20H,4-6,11-17H2,1-3H3,(H2,22,23,24);1H. The van der Waals surface area contributed by atoms with E-state index in [1.165, 1.54) is 37.1 Å². The Labute approximate surface area is 187 Å². The third-order valence-corrected chi connectivity index (χ3v) is 4.92. The molecular weight excluding hydrogens is 467 g/mol. The summed E-state index contributed by atoms with van der Waals surface area (Å²) >= 11 is 0. The normalized spacial score (nSPS) is 15.9. The Morgan fingerprint density at radius 3 is 2.46 bits per heavy atom. The quantitative estimate of drug-likeness (QED) is 0.210. The van der Waals surface area contributed by atoms with Crippen LogP contribution in [0.3, 0.4) is 0 Å². The van der Waals surface area contributed by atoms with E-state index in [9.17, 15) is 0 Å². The average molecular weight is 504 g/mol. The first-order valence-corrected chi connectivity index (χ1v) is 10.1. The number of hydrogen-bond acceptors (Lipinski definition) is 4. The molecule has 1 heterocycles. The van der Waals surface area contributed by atoms with Gasteiger partial charge in [0, 0.05) is 33.9 Å². The summed E-state index contributed by atoms with van der Waals surface area (Å²) in [4.78, 5) is 6.93. The zero-order valence-electron chi connectivity index (χ0n) is 17.6. The smallest absolute Gasteiger partial charge is 0.191 e. The molecule has 1 saturated heterocycles. The molecule has 2 N–H and O–H groups in total. The zero-order valence-corrected chi connectivity index (χ0v) is 19.9. The largest absolute Gasteiger partial charge is 0.382 e. The maximum absolute atomic E-state index is 5.49. The SMILES string of the molecule is CN=C(NCCCOCCOC)NCC(c1ccc(C)cc1)N1CCCC1.I. The Morgan fingerprint density at radius 2 is 1.82 bits per heavy atom. The summed E-state index contributed by atoms with van der Waals surface area (Å²) in [5.74, 6) is 0.850. The van der Waals surface area contributed by atoms with Crippen molar-refractivity contribution in [2.45, 2.75) is 32.2 Å². The molecule has 0 aliphatic carbocycles. The predicted octanol–water partition coefficient (Wildman–Crippen LogP) is 2.97. The number of aryl methyl sites for hydroxylation is 1. The van der Waals surface area contributed by atoms with E-state index in [0.717, 1.165) is 32.1 Å². The summed E-state index contributed by atoms with van der Waals surface area (Å²) < 4.78 is 10.5. The molecule has 0 aromatic heterocycles. The van der Waals surface area contributed by atoms with Crippen LogP contribution < -0.4 is 10.6 Å². The van der Waals surface area contributed by atoms with Crippen LogP contribution in [0.15, 0.2) is 29.3 Å². The van der Waals surface area contributed by atoms with E-state index in [-0.39, 0.29) is 24.0 Å². The van der Waals surface area contributed by atoms with Crippen molar-refractivity contribution in [3.8, 4) is 0 Å². The third kappa shape index (κ3) is 9.07. The molecule has 1 aliphatic rings. The highest BCUT2D eigenvalue weighted by Crippen LogP contribution is 2.24. The fourth-order valence-electron chi connectivity index (χ4n) is 3.34. The highest BCUT2D eigenvalue weighted by molar-refractivity contribution is 14.0. The van der Waals surface area contributed by atoms with Gasteiger partial charge in [-0.05, 0) is 44.8 Å². The number of halogens is 1. The molecular formula is C21H37IN4O2. The number of hydrogen-bond donors (Lipinski definition) is 2. The van der Waals surface area contributed by atoms with Crippen LogP contribution in [-0.2, 0) is 9.47 Å². The van der Waals surface area contributed by atoms with Gasteiger partial charge in [0.15, 0.2) is 5.96 Å². The van der Waals surface area contributed by atoms with Crippen LogP contribution in [0, 0.1) is 6.92 Å². The van der Waals surface area contributed by atoms with Gasteiger partial charge in [-0.15, -0.1) is 24.0 Å². The molecule has 1 atom stereocenters. The number of methoxy groups -OCH3 is 1. The van der Waals surface area contributed by atoms with E-state index in [0.29, 0.717) is 19.3 Å². The average Bonchev–Trinajstić information content (AvgIpc) is 3.21. The van der Waals surface area contributed by atoms with Gasteiger partial charge in [0.25, 0.3) is 0 Å². The molecule has 0 bridgehead atoms. The fraction of sp³-hybridized carbons (Fsp3) is 0.667. The number of rotatable bonds is 11. The van der Waals surface area contributed by atoms with Gasteiger partial charge >= 0.3 is 0 Å². The molecule has 0 spiro atoms. The monoisotopic (exact) mass is 504 g/mol. The lowest BCUT2D eigenvalue weighted by atomic mass is 10.0. The maximum atomic E-state index is 5.49. The van der Waals surface area contributed by atoms with Gasteiger partial charge in [0.2, 0.25) is 0 Å². The Balaban J connectivity index is 0.00000392. The summed E-state index contributed by atoms with van der Waals surface area (Å²) in [6.07, 6.45) is 3.52. The van der Waals surface area contributed by atoms with Crippen molar-refractivity contribution < 1.29 is 9.47 Å². The highest BCUT2D eigenvalue weighted by atomic mass is 127.